The summed E-state index contributed by atoms with van der Waals surface area (Å²) in [4.78, 5) is 20.4. The van der Waals surface area contributed by atoms with Crippen LogP contribution in [0.15, 0.2) is 76.0 Å². The molecule has 1 aliphatic heterocycles. The molecule has 0 radical (unpaired) electrons. The largest absolute Gasteiger partial charge is 0.369 e. The molecule has 5 rings (SSSR count). The lowest BCUT2D eigenvalue weighted by Crippen LogP contribution is -2.40. The van der Waals surface area contributed by atoms with E-state index >= 15 is 0 Å². The molecule has 0 atom stereocenters. The smallest absolute Gasteiger partial charge is 0.260 e. The van der Waals surface area contributed by atoms with Gasteiger partial charge in [0, 0.05) is 36.1 Å². The summed E-state index contributed by atoms with van der Waals surface area (Å²) in [5, 5.41) is 0. The maximum atomic E-state index is 14.4. The van der Waals surface area contributed by atoms with Crippen LogP contribution < -0.4 is 11.3 Å². The predicted molar refractivity (Wildman–Crippen MR) is 135 cm³/mol. The van der Waals surface area contributed by atoms with Crippen molar-refractivity contribution in [1.82, 2.24) is 14.5 Å². The topological polar surface area (TPSA) is 64.1 Å². The third kappa shape index (κ3) is 4.81. The second kappa shape index (κ2) is 9.91. The number of fused-ring (bicyclic) bond motifs is 1. The SMILES string of the molecule is Nc1nc2c(c(=O)n1C(c1ccc(F)cc1)c1ccc(F)cc1)CN(Cc1ccc(Br)cc1F)CC2. The van der Waals surface area contributed by atoms with E-state index in [9.17, 15) is 18.0 Å². The van der Waals surface area contributed by atoms with Crippen LogP contribution in [0, 0.1) is 17.5 Å². The van der Waals surface area contributed by atoms with E-state index in [1.807, 2.05) is 4.90 Å². The molecule has 2 heterocycles. The number of nitrogens with zero attached hydrogens (tertiary/aromatic N) is 3. The molecule has 4 aromatic rings. The first-order valence-electron chi connectivity index (χ1n) is 11.4. The highest BCUT2D eigenvalue weighted by Crippen LogP contribution is 2.29. The van der Waals surface area contributed by atoms with Crippen LogP contribution >= 0.6 is 15.9 Å². The predicted octanol–water partition coefficient (Wildman–Crippen LogP) is 5.20. The van der Waals surface area contributed by atoms with Gasteiger partial charge in [0.2, 0.25) is 5.95 Å². The molecule has 2 N–H and O–H groups in total. The second-order valence-electron chi connectivity index (χ2n) is 8.77. The summed E-state index contributed by atoms with van der Waals surface area (Å²) in [6, 6.07) is 15.6. The average Bonchev–Trinajstić information content (AvgIpc) is 2.85. The van der Waals surface area contributed by atoms with Crippen molar-refractivity contribution in [3.05, 3.63) is 127 Å². The van der Waals surface area contributed by atoms with Crippen LogP contribution in [0.1, 0.15) is 34.0 Å². The van der Waals surface area contributed by atoms with E-state index < -0.39 is 17.7 Å². The van der Waals surface area contributed by atoms with E-state index in [1.54, 1.807) is 36.4 Å². The maximum absolute atomic E-state index is 14.4. The van der Waals surface area contributed by atoms with Gasteiger partial charge >= 0.3 is 0 Å². The van der Waals surface area contributed by atoms with Gasteiger partial charge in [-0.1, -0.05) is 46.3 Å². The number of rotatable bonds is 5. The van der Waals surface area contributed by atoms with Gasteiger partial charge in [-0.05, 0) is 47.5 Å². The fraction of sp³-hybridized carbons (Fsp3) is 0.185. The van der Waals surface area contributed by atoms with Gasteiger partial charge in [0.15, 0.2) is 0 Å². The molecule has 0 unspecified atom stereocenters. The van der Waals surface area contributed by atoms with Crippen molar-refractivity contribution >= 4 is 21.9 Å². The Hall–Kier alpha value is -3.43. The lowest BCUT2D eigenvalue weighted by molar-refractivity contribution is 0.237. The summed E-state index contributed by atoms with van der Waals surface area (Å²) >= 11 is 3.27. The van der Waals surface area contributed by atoms with Gasteiger partial charge in [-0.3, -0.25) is 14.3 Å². The highest BCUT2D eigenvalue weighted by atomic mass is 79.9. The van der Waals surface area contributed by atoms with Crippen LogP contribution in [0.2, 0.25) is 0 Å². The number of benzene rings is 3. The summed E-state index contributed by atoms with van der Waals surface area (Å²) < 4.78 is 43.8. The summed E-state index contributed by atoms with van der Waals surface area (Å²) in [6.07, 6.45) is 0.492. The molecule has 184 valence electrons. The average molecular weight is 555 g/mol. The number of hydrogen-bond donors (Lipinski definition) is 1. The molecule has 0 fully saturated rings. The molecule has 1 aromatic heterocycles. The van der Waals surface area contributed by atoms with Crippen LogP contribution in [0.4, 0.5) is 19.1 Å². The van der Waals surface area contributed by atoms with Gasteiger partial charge in [0.1, 0.15) is 17.5 Å². The number of nitrogens with two attached hydrogens (primary N) is 1. The van der Waals surface area contributed by atoms with Crippen molar-refractivity contribution in [3.8, 4) is 0 Å². The molecule has 5 nitrogen and oxygen atoms in total. The Morgan fingerprint density at radius 2 is 1.56 bits per heavy atom. The van der Waals surface area contributed by atoms with Crippen LogP contribution in [0.3, 0.4) is 0 Å². The van der Waals surface area contributed by atoms with E-state index in [4.69, 9.17) is 5.73 Å². The van der Waals surface area contributed by atoms with E-state index in [1.165, 1.54) is 34.9 Å². The van der Waals surface area contributed by atoms with Crippen molar-refractivity contribution in [2.75, 3.05) is 12.3 Å². The Morgan fingerprint density at radius 3 is 2.14 bits per heavy atom. The van der Waals surface area contributed by atoms with Gasteiger partial charge in [0.05, 0.1) is 17.3 Å². The van der Waals surface area contributed by atoms with Crippen LogP contribution in [0.5, 0.6) is 0 Å². The van der Waals surface area contributed by atoms with Crippen LogP contribution in [-0.4, -0.2) is 21.0 Å². The molecule has 9 heteroatoms. The van der Waals surface area contributed by atoms with Gasteiger partial charge in [0.25, 0.3) is 5.56 Å². The molecule has 0 bridgehead atoms. The van der Waals surface area contributed by atoms with Gasteiger partial charge in [-0.15, -0.1) is 0 Å². The first kappa shape index (κ1) is 24.3. The number of hydrogen-bond acceptors (Lipinski definition) is 4. The third-order valence-electron chi connectivity index (χ3n) is 6.41. The Morgan fingerprint density at radius 1 is 0.944 bits per heavy atom. The molecule has 0 amide bonds. The summed E-state index contributed by atoms with van der Waals surface area (Å²) in [7, 11) is 0. The molecule has 36 heavy (non-hydrogen) atoms. The Bertz CT molecular complexity index is 1430. The van der Waals surface area contributed by atoms with Crippen LogP contribution in [0.25, 0.3) is 0 Å². The zero-order valence-corrected chi connectivity index (χ0v) is 20.7. The standard InChI is InChI=1S/C27H22BrF3N4O/c28-19-6-1-18(23(31)13-19)14-34-12-11-24-22(15-34)26(36)35(27(32)33-24)25(16-2-7-20(29)8-3-16)17-4-9-21(30)10-5-17/h1-10,13,25H,11-12,14-15H2,(H2,32,33). The maximum Gasteiger partial charge on any atom is 0.260 e. The molecular formula is C27H22BrF3N4O. The van der Waals surface area contributed by atoms with Crippen molar-refractivity contribution < 1.29 is 13.2 Å². The van der Waals surface area contributed by atoms with Crippen molar-refractivity contribution in [3.63, 3.8) is 0 Å². The van der Waals surface area contributed by atoms with E-state index in [2.05, 4.69) is 20.9 Å². The summed E-state index contributed by atoms with van der Waals surface area (Å²) in [6.45, 7) is 1.20. The molecule has 0 saturated heterocycles. The first-order valence-corrected chi connectivity index (χ1v) is 12.2. The Kier molecular flexibility index (Phi) is 6.68. The normalized spacial score (nSPS) is 13.7. The minimum absolute atomic E-state index is 0.0183. The molecule has 0 spiro atoms. The van der Waals surface area contributed by atoms with E-state index in [0.717, 1.165) is 0 Å². The minimum atomic E-state index is -0.740. The number of nitrogen functional groups attached to an aromatic ring is 1. The lowest BCUT2D eigenvalue weighted by atomic mass is 9.97. The quantitative estimate of drug-likeness (QED) is 0.368. The van der Waals surface area contributed by atoms with Gasteiger partial charge in [-0.25, -0.2) is 18.2 Å². The zero-order chi connectivity index (χ0) is 25.4. The van der Waals surface area contributed by atoms with Crippen molar-refractivity contribution in [2.24, 2.45) is 0 Å². The highest BCUT2D eigenvalue weighted by molar-refractivity contribution is 9.10. The second-order valence-corrected chi connectivity index (χ2v) is 9.69. The number of anilines is 1. The Labute approximate surface area is 214 Å². The number of aromatic nitrogens is 2. The fourth-order valence-electron chi connectivity index (χ4n) is 4.62. The molecule has 0 aliphatic carbocycles. The zero-order valence-electron chi connectivity index (χ0n) is 19.1. The molecule has 0 saturated carbocycles. The monoisotopic (exact) mass is 554 g/mol. The third-order valence-corrected chi connectivity index (χ3v) is 6.90. The van der Waals surface area contributed by atoms with E-state index in [0.29, 0.717) is 51.9 Å². The van der Waals surface area contributed by atoms with Gasteiger partial charge < -0.3 is 5.73 Å². The molecule has 1 aliphatic rings. The summed E-state index contributed by atoms with van der Waals surface area (Å²) in [5.41, 5.74) is 8.79. The molecule has 3 aromatic carbocycles. The first-order chi connectivity index (χ1) is 17.3. The minimum Gasteiger partial charge on any atom is -0.369 e. The molecular weight excluding hydrogens is 533 g/mol. The Balaban J connectivity index is 1.56. The fourth-order valence-corrected chi connectivity index (χ4v) is 4.95. The van der Waals surface area contributed by atoms with Gasteiger partial charge in [-0.2, -0.15) is 0 Å². The number of halogens is 4. The van der Waals surface area contributed by atoms with Crippen molar-refractivity contribution in [1.29, 1.82) is 0 Å². The van der Waals surface area contributed by atoms with Crippen LogP contribution in [-0.2, 0) is 19.5 Å². The highest BCUT2D eigenvalue weighted by Gasteiger charge is 2.28. The van der Waals surface area contributed by atoms with E-state index in [-0.39, 0.29) is 23.9 Å². The van der Waals surface area contributed by atoms with Crippen molar-refractivity contribution in [2.45, 2.75) is 25.6 Å². The lowest BCUT2D eigenvalue weighted by Gasteiger charge is -2.30. The summed E-state index contributed by atoms with van der Waals surface area (Å²) in [5.74, 6) is -1.15.